The van der Waals surface area contributed by atoms with E-state index in [2.05, 4.69) is 4.72 Å². The van der Waals surface area contributed by atoms with Gasteiger partial charge in [-0.25, -0.2) is 13.1 Å². The number of nitrogens with two attached hydrogens (primary N) is 1. The first-order valence-corrected chi connectivity index (χ1v) is 8.34. The molecule has 0 amide bonds. The van der Waals surface area contributed by atoms with Gasteiger partial charge in [0.05, 0.1) is 4.90 Å². The molecule has 0 saturated heterocycles. The zero-order chi connectivity index (χ0) is 15.3. The van der Waals surface area contributed by atoms with Gasteiger partial charge < -0.3 is 5.73 Å². The van der Waals surface area contributed by atoms with E-state index in [0.717, 1.165) is 11.1 Å². The minimum atomic E-state index is -3.47. The summed E-state index contributed by atoms with van der Waals surface area (Å²) in [6, 6.07) is 16.3. The molecule has 0 aliphatic heterocycles. The van der Waals surface area contributed by atoms with Crippen molar-refractivity contribution < 1.29 is 8.42 Å². The monoisotopic (exact) mass is 304 g/mol. The highest BCUT2D eigenvalue weighted by Crippen LogP contribution is 2.14. The fourth-order valence-corrected chi connectivity index (χ4v) is 3.23. The van der Waals surface area contributed by atoms with Gasteiger partial charge in [0.25, 0.3) is 0 Å². The van der Waals surface area contributed by atoms with E-state index in [1.54, 1.807) is 18.2 Å². The van der Waals surface area contributed by atoms with Crippen LogP contribution in [-0.2, 0) is 10.0 Å². The van der Waals surface area contributed by atoms with Crippen molar-refractivity contribution in [2.75, 3.05) is 6.54 Å². The molecule has 0 heterocycles. The molecule has 0 fully saturated rings. The molecule has 5 heteroatoms. The lowest BCUT2D eigenvalue weighted by Gasteiger charge is -2.13. The summed E-state index contributed by atoms with van der Waals surface area (Å²) < 4.78 is 26.9. The van der Waals surface area contributed by atoms with Crippen LogP contribution in [0.25, 0.3) is 0 Å². The smallest absolute Gasteiger partial charge is 0.240 e. The molecule has 0 bridgehead atoms. The van der Waals surface area contributed by atoms with Crippen LogP contribution in [0.3, 0.4) is 0 Å². The maximum atomic E-state index is 12.2. The molecule has 1 unspecified atom stereocenters. The van der Waals surface area contributed by atoms with Gasteiger partial charge in [-0.05, 0) is 36.6 Å². The van der Waals surface area contributed by atoms with E-state index in [1.807, 2.05) is 43.3 Å². The van der Waals surface area contributed by atoms with Crippen molar-refractivity contribution in [1.29, 1.82) is 0 Å². The first kappa shape index (κ1) is 15.7. The highest BCUT2D eigenvalue weighted by molar-refractivity contribution is 7.89. The number of hydrogen-bond donors (Lipinski definition) is 2. The van der Waals surface area contributed by atoms with Gasteiger partial charge in [-0.1, -0.05) is 42.5 Å². The molecular weight excluding hydrogens is 284 g/mol. The maximum absolute atomic E-state index is 12.2. The molecule has 2 aromatic carbocycles. The van der Waals surface area contributed by atoms with Crippen molar-refractivity contribution in [3.8, 4) is 0 Å². The summed E-state index contributed by atoms with van der Waals surface area (Å²) in [4.78, 5) is 0.288. The molecule has 0 radical (unpaired) electrons. The highest BCUT2D eigenvalue weighted by atomic mass is 32.2. The Kier molecular flexibility index (Phi) is 5.12. The van der Waals surface area contributed by atoms with Crippen LogP contribution in [0.1, 0.15) is 23.6 Å². The standard InChI is InChI=1S/C16H20N2O2S/c1-13-6-5-9-15(12-13)21(19,20)18-11-10-16(17)14-7-3-2-4-8-14/h2-9,12,16,18H,10-11,17H2,1H3. The summed E-state index contributed by atoms with van der Waals surface area (Å²) >= 11 is 0. The Morgan fingerprint density at radius 3 is 2.48 bits per heavy atom. The normalized spacial score (nSPS) is 13.0. The quantitative estimate of drug-likeness (QED) is 0.860. The second-order valence-corrected chi connectivity index (χ2v) is 6.79. The van der Waals surface area contributed by atoms with Crippen LogP contribution in [0.15, 0.2) is 59.5 Å². The van der Waals surface area contributed by atoms with Gasteiger partial charge in [0, 0.05) is 12.6 Å². The Morgan fingerprint density at radius 2 is 1.81 bits per heavy atom. The summed E-state index contributed by atoms with van der Waals surface area (Å²) in [7, 11) is -3.47. The van der Waals surface area contributed by atoms with Crippen molar-refractivity contribution in [3.63, 3.8) is 0 Å². The molecule has 3 N–H and O–H groups in total. The number of hydrogen-bond acceptors (Lipinski definition) is 3. The van der Waals surface area contributed by atoms with Gasteiger partial charge in [-0.3, -0.25) is 0 Å². The number of benzene rings is 2. The molecule has 1 atom stereocenters. The maximum Gasteiger partial charge on any atom is 0.240 e. The molecule has 2 rings (SSSR count). The summed E-state index contributed by atoms with van der Waals surface area (Å²) in [6.07, 6.45) is 0.551. The number of sulfonamides is 1. The molecule has 0 spiro atoms. The minimum Gasteiger partial charge on any atom is -0.324 e. The molecule has 0 aliphatic rings. The Morgan fingerprint density at radius 1 is 1.10 bits per heavy atom. The van der Waals surface area contributed by atoms with Gasteiger partial charge in [0.15, 0.2) is 0 Å². The lowest BCUT2D eigenvalue weighted by atomic mass is 10.1. The molecule has 0 saturated carbocycles. The van der Waals surface area contributed by atoms with Crippen molar-refractivity contribution in [2.45, 2.75) is 24.3 Å². The topological polar surface area (TPSA) is 72.2 Å². The molecule has 0 aliphatic carbocycles. The van der Waals surface area contributed by atoms with Crippen LogP contribution in [-0.4, -0.2) is 15.0 Å². The first-order valence-electron chi connectivity index (χ1n) is 6.86. The summed E-state index contributed by atoms with van der Waals surface area (Å²) in [5.41, 5.74) is 7.97. The van der Waals surface area contributed by atoms with Crippen LogP contribution < -0.4 is 10.5 Å². The second kappa shape index (κ2) is 6.85. The van der Waals surface area contributed by atoms with Gasteiger partial charge in [0.2, 0.25) is 10.0 Å². The van der Waals surface area contributed by atoms with Crippen LogP contribution >= 0.6 is 0 Å². The van der Waals surface area contributed by atoms with Crippen molar-refractivity contribution in [1.82, 2.24) is 4.72 Å². The van der Waals surface area contributed by atoms with Crippen molar-refractivity contribution in [3.05, 3.63) is 65.7 Å². The van der Waals surface area contributed by atoms with E-state index in [-0.39, 0.29) is 10.9 Å². The average Bonchev–Trinajstić information content (AvgIpc) is 2.48. The van der Waals surface area contributed by atoms with E-state index >= 15 is 0 Å². The van der Waals surface area contributed by atoms with E-state index in [4.69, 9.17) is 5.73 Å². The first-order chi connectivity index (χ1) is 9.99. The van der Waals surface area contributed by atoms with Crippen molar-refractivity contribution >= 4 is 10.0 Å². The lowest BCUT2D eigenvalue weighted by molar-refractivity contribution is 0.569. The number of nitrogens with one attached hydrogen (secondary N) is 1. The molecular formula is C16H20N2O2S. The summed E-state index contributed by atoms with van der Waals surface area (Å²) in [6.45, 7) is 2.18. The van der Waals surface area contributed by atoms with E-state index in [1.165, 1.54) is 0 Å². The zero-order valence-electron chi connectivity index (χ0n) is 12.0. The van der Waals surface area contributed by atoms with Crippen LogP contribution in [0.5, 0.6) is 0 Å². The van der Waals surface area contributed by atoms with Gasteiger partial charge in [0.1, 0.15) is 0 Å². The van der Waals surface area contributed by atoms with Gasteiger partial charge in [-0.2, -0.15) is 0 Å². The highest BCUT2D eigenvalue weighted by Gasteiger charge is 2.14. The number of rotatable bonds is 6. The third kappa shape index (κ3) is 4.39. The van der Waals surface area contributed by atoms with Crippen LogP contribution in [0, 0.1) is 6.92 Å². The Hall–Kier alpha value is -1.69. The Bertz CT molecular complexity index is 684. The molecule has 4 nitrogen and oxygen atoms in total. The Labute approximate surface area is 126 Å². The molecule has 0 aromatic heterocycles. The van der Waals surface area contributed by atoms with Crippen LogP contribution in [0.2, 0.25) is 0 Å². The molecule has 112 valence electrons. The largest absolute Gasteiger partial charge is 0.324 e. The second-order valence-electron chi connectivity index (χ2n) is 5.02. The van der Waals surface area contributed by atoms with E-state index < -0.39 is 10.0 Å². The summed E-state index contributed by atoms with van der Waals surface area (Å²) in [5.74, 6) is 0. The number of aryl methyl sites for hydroxylation is 1. The zero-order valence-corrected chi connectivity index (χ0v) is 12.8. The minimum absolute atomic E-state index is 0.175. The SMILES string of the molecule is Cc1cccc(S(=O)(=O)NCCC(N)c2ccccc2)c1. The Balaban J connectivity index is 1.94. The van der Waals surface area contributed by atoms with E-state index in [0.29, 0.717) is 13.0 Å². The fraction of sp³-hybridized carbons (Fsp3) is 0.250. The summed E-state index contributed by atoms with van der Waals surface area (Å²) in [5, 5.41) is 0. The fourth-order valence-electron chi connectivity index (χ4n) is 2.08. The van der Waals surface area contributed by atoms with Crippen LogP contribution in [0.4, 0.5) is 0 Å². The van der Waals surface area contributed by atoms with Crippen molar-refractivity contribution in [2.24, 2.45) is 5.73 Å². The van der Waals surface area contributed by atoms with E-state index in [9.17, 15) is 8.42 Å². The predicted octanol–water partition coefficient (Wildman–Crippen LogP) is 2.36. The lowest BCUT2D eigenvalue weighted by Crippen LogP contribution is -2.27. The molecule has 2 aromatic rings. The average molecular weight is 304 g/mol. The van der Waals surface area contributed by atoms with Gasteiger partial charge in [-0.15, -0.1) is 0 Å². The third-order valence-corrected chi connectivity index (χ3v) is 4.73. The molecule has 21 heavy (non-hydrogen) atoms. The third-order valence-electron chi connectivity index (χ3n) is 3.27. The predicted molar refractivity (Wildman–Crippen MR) is 84.4 cm³/mol. The van der Waals surface area contributed by atoms with Gasteiger partial charge >= 0.3 is 0 Å².